The molecule has 1 aromatic rings. The molecule has 0 saturated carbocycles. The van der Waals surface area contributed by atoms with E-state index in [1.807, 2.05) is 0 Å². The minimum absolute atomic E-state index is 0.248. The van der Waals surface area contributed by atoms with Crippen molar-refractivity contribution in [1.82, 2.24) is 0 Å². The van der Waals surface area contributed by atoms with Gasteiger partial charge in [0.25, 0.3) is 0 Å². The molecule has 0 radical (unpaired) electrons. The number of rotatable bonds is 3. The van der Waals surface area contributed by atoms with Gasteiger partial charge >= 0.3 is 0 Å². The molecule has 1 atom stereocenters. The van der Waals surface area contributed by atoms with Crippen LogP contribution in [0.4, 0.5) is 5.69 Å². The van der Waals surface area contributed by atoms with Crippen LogP contribution in [0.5, 0.6) is 0 Å². The van der Waals surface area contributed by atoms with Gasteiger partial charge in [0.1, 0.15) is 0 Å². The van der Waals surface area contributed by atoms with Crippen LogP contribution < -0.4 is 10.6 Å². The van der Waals surface area contributed by atoms with E-state index in [1.165, 1.54) is 23.2 Å². The third kappa shape index (κ3) is 2.54. The fourth-order valence-corrected chi connectivity index (χ4v) is 3.25. The Kier molecular flexibility index (Phi) is 3.67. The second-order valence-corrected chi connectivity index (χ2v) is 6.36. The van der Waals surface area contributed by atoms with Gasteiger partial charge in [0.15, 0.2) is 0 Å². The molecular formula is C16H26N2. The SMILES string of the molecule is Cc1ccc(C)c(N2CC(CCN)CC2(C)C)c1. The maximum absolute atomic E-state index is 5.72. The van der Waals surface area contributed by atoms with Crippen molar-refractivity contribution >= 4 is 5.69 Å². The quantitative estimate of drug-likeness (QED) is 0.887. The Balaban J connectivity index is 2.29. The first kappa shape index (κ1) is 13.4. The van der Waals surface area contributed by atoms with E-state index < -0.39 is 0 Å². The van der Waals surface area contributed by atoms with Gasteiger partial charge in [-0.3, -0.25) is 0 Å². The summed E-state index contributed by atoms with van der Waals surface area (Å²) in [5.41, 5.74) is 10.1. The molecular weight excluding hydrogens is 220 g/mol. The lowest BCUT2D eigenvalue weighted by Crippen LogP contribution is -2.38. The van der Waals surface area contributed by atoms with E-state index in [2.05, 4.69) is 50.8 Å². The first-order valence-electron chi connectivity index (χ1n) is 6.99. The second kappa shape index (κ2) is 4.93. The Labute approximate surface area is 111 Å². The third-order valence-electron chi connectivity index (χ3n) is 4.19. The van der Waals surface area contributed by atoms with Crippen molar-refractivity contribution < 1.29 is 0 Å². The summed E-state index contributed by atoms with van der Waals surface area (Å²) in [6.45, 7) is 11.0. The van der Waals surface area contributed by atoms with Gasteiger partial charge in [-0.15, -0.1) is 0 Å². The highest BCUT2D eigenvalue weighted by atomic mass is 15.2. The van der Waals surface area contributed by atoms with Gasteiger partial charge in [0, 0.05) is 17.8 Å². The molecule has 2 heteroatoms. The van der Waals surface area contributed by atoms with Gasteiger partial charge in [0.2, 0.25) is 0 Å². The van der Waals surface area contributed by atoms with Gasteiger partial charge in [0.05, 0.1) is 0 Å². The van der Waals surface area contributed by atoms with Crippen LogP contribution in [-0.2, 0) is 0 Å². The first-order valence-corrected chi connectivity index (χ1v) is 6.99. The van der Waals surface area contributed by atoms with E-state index in [9.17, 15) is 0 Å². The highest BCUT2D eigenvalue weighted by Crippen LogP contribution is 2.39. The summed E-state index contributed by atoms with van der Waals surface area (Å²) in [5.74, 6) is 0.741. The predicted molar refractivity (Wildman–Crippen MR) is 79.1 cm³/mol. The van der Waals surface area contributed by atoms with Crippen LogP contribution in [-0.4, -0.2) is 18.6 Å². The number of hydrogen-bond donors (Lipinski definition) is 1. The molecule has 1 aromatic carbocycles. The molecule has 1 aliphatic rings. The van der Waals surface area contributed by atoms with Crippen molar-refractivity contribution in [2.45, 2.75) is 46.1 Å². The Hall–Kier alpha value is -1.02. The Bertz CT molecular complexity index is 423. The van der Waals surface area contributed by atoms with Gasteiger partial charge in [-0.1, -0.05) is 12.1 Å². The maximum Gasteiger partial charge on any atom is 0.0403 e. The van der Waals surface area contributed by atoms with Crippen LogP contribution >= 0.6 is 0 Å². The van der Waals surface area contributed by atoms with Crippen molar-refractivity contribution in [2.24, 2.45) is 11.7 Å². The number of nitrogens with two attached hydrogens (primary N) is 1. The lowest BCUT2D eigenvalue weighted by Gasteiger charge is -2.35. The number of nitrogens with zero attached hydrogens (tertiary/aromatic N) is 1. The third-order valence-corrected chi connectivity index (χ3v) is 4.19. The van der Waals surface area contributed by atoms with Crippen molar-refractivity contribution in [2.75, 3.05) is 18.0 Å². The van der Waals surface area contributed by atoms with Crippen molar-refractivity contribution in [3.8, 4) is 0 Å². The molecule has 1 heterocycles. The fraction of sp³-hybridized carbons (Fsp3) is 0.625. The second-order valence-electron chi connectivity index (χ2n) is 6.36. The monoisotopic (exact) mass is 246 g/mol. The molecule has 2 nitrogen and oxygen atoms in total. The van der Waals surface area contributed by atoms with Crippen LogP contribution in [0.25, 0.3) is 0 Å². The molecule has 1 fully saturated rings. The van der Waals surface area contributed by atoms with E-state index in [0.29, 0.717) is 0 Å². The maximum atomic E-state index is 5.72. The van der Waals surface area contributed by atoms with Crippen molar-refractivity contribution in [1.29, 1.82) is 0 Å². The molecule has 18 heavy (non-hydrogen) atoms. The molecule has 0 spiro atoms. The van der Waals surface area contributed by atoms with Crippen LogP contribution in [0.1, 0.15) is 37.8 Å². The van der Waals surface area contributed by atoms with Gasteiger partial charge < -0.3 is 10.6 Å². The average molecular weight is 246 g/mol. The minimum Gasteiger partial charge on any atom is -0.366 e. The van der Waals surface area contributed by atoms with Crippen LogP contribution in [0, 0.1) is 19.8 Å². The summed E-state index contributed by atoms with van der Waals surface area (Å²) in [5, 5.41) is 0. The van der Waals surface area contributed by atoms with E-state index in [4.69, 9.17) is 5.73 Å². The van der Waals surface area contributed by atoms with Crippen LogP contribution in [0.15, 0.2) is 18.2 Å². The average Bonchev–Trinajstić information content (AvgIpc) is 2.57. The number of anilines is 1. The Morgan fingerprint density at radius 2 is 2.06 bits per heavy atom. The molecule has 100 valence electrons. The fourth-order valence-electron chi connectivity index (χ4n) is 3.25. The summed E-state index contributed by atoms with van der Waals surface area (Å²) in [7, 11) is 0. The number of hydrogen-bond acceptors (Lipinski definition) is 2. The summed E-state index contributed by atoms with van der Waals surface area (Å²) >= 11 is 0. The minimum atomic E-state index is 0.248. The smallest absolute Gasteiger partial charge is 0.0403 e. The van der Waals surface area contributed by atoms with Crippen molar-refractivity contribution in [3.05, 3.63) is 29.3 Å². The standard InChI is InChI=1S/C16H26N2/c1-12-5-6-13(2)15(9-12)18-11-14(7-8-17)10-16(18,3)4/h5-6,9,14H,7-8,10-11,17H2,1-4H3. The summed E-state index contributed by atoms with van der Waals surface area (Å²) in [6.07, 6.45) is 2.39. The predicted octanol–water partition coefficient (Wildman–Crippen LogP) is 3.26. The van der Waals surface area contributed by atoms with Crippen LogP contribution in [0.3, 0.4) is 0 Å². The molecule has 0 aliphatic carbocycles. The topological polar surface area (TPSA) is 29.3 Å². The first-order chi connectivity index (χ1) is 8.44. The highest BCUT2D eigenvalue weighted by molar-refractivity contribution is 5.57. The Morgan fingerprint density at radius 1 is 1.33 bits per heavy atom. The van der Waals surface area contributed by atoms with Crippen LogP contribution in [0.2, 0.25) is 0 Å². The molecule has 1 saturated heterocycles. The lowest BCUT2D eigenvalue weighted by molar-refractivity contribution is 0.458. The van der Waals surface area contributed by atoms with Crippen molar-refractivity contribution in [3.63, 3.8) is 0 Å². The van der Waals surface area contributed by atoms with E-state index in [-0.39, 0.29) is 5.54 Å². The number of aryl methyl sites for hydroxylation is 2. The lowest BCUT2D eigenvalue weighted by atomic mass is 9.94. The number of benzene rings is 1. The van der Waals surface area contributed by atoms with Gasteiger partial charge in [-0.2, -0.15) is 0 Å². The van der Waals surface area contributed by atoms with Gasteiger partial charge in [-0.25, -0.2) is 0 Å². The molecule has 1 unspecified atom stereocenters. The zero-order valence-corrected chi connectivity index (χ0v) is 12.2. The molecule has 2 N–H and O–H groups in total. The molecule has 0 bridgehead atoms. The van der Waals surface area contributed by atoms with Gasteiger partial charge in [-0.05, 0) is 70.2 Å². The zero-order chi connectivity index (χ0) is 13.3. The molecule has 1 aliphatic heterocycles. The largest absolute Gasteiger partial charge is 0.366 e. The van der Waals surface area contributed by atoms with E-state index >= 15 is 0 Å². The van der Waals surface area contributed by atoms with E-state index in [1.54, 1.807) is 0 Å². The highest BCUT2D eigenvalue weighted by Gasteiger charge is 2.38. The zero-order valence-electron chi connectivity index (χ0n) is 12.2. The van der Waals surface area contributed by atoms with E-state index in [0.717, 1.165) is 25.4 Å². The molecule has 2 rings (SSSR count). The summed E-state index contributed by atoms with van der Waals surface area (Å²) in [4.78, 5) is 2.58. The normalized spacial score (nSPS) is 22.5. The summed E-state index contributed by atoms with van der Waals surface area (Å²) in [6, 6.07) is 6.75. The summed E-state index contributed by atoms with van der Waals surface area (Å²) < 4.78 is 0. The molecule has 0 amide bonds. The Morgan fingerprint density at radius 3 is 2.72 bits per heavy atom. The molecule has 0 aromatic heterocycles.